The topological polar surface area (TPSA) is 61.5 Å². The van der Waals surface area contributed by atoms with E-state index in [0.29, 0.717) is 0 Å². The predicted octanol–water partition coefficient (Wildman–Crippen LogP) is 3.08. The van der Waals surface area contributed by atoms with Gasteiger partial charge in [-0.2, -0.15) is 0 Å². The van der Waals surface area contributed by atoms with E-state index in [2.05, 4.69) is 15.9 Å². The molecule has 0 bridgehead atoms. The van der Waals surface area contributed by atoms with Crippen LogP contribution in [0.25, 0.3) is 0 Å². The molecule has 108 valence electrons. The van der Waals surface area contributed by atoms with Gasteiger partial charge in [-0.15, -0.1) is 12.4 Å². The summed E-state index contributed by atoms with van der Waals surface area (Å²) < 4.78 is 10.7. The van der Waals surface area contributed by atoms with E-state index in [0.717, 1.165) is 15.8 Å². The molecule has 2 N–H and O–H groups in total. The van der Waals surface area contributed by atoms with Crippen LogP contribution in [0.3, 0.4) is 0 Å². The van der Waals surface area contributed by atoms with Crippen LogP contribution in [0.2, 0.25) is 0 Å². The Labute approximate surface area is 128 Å². The second-order valence-electron chi connectivity index (χ2n) is 4.58. The molecule has 0 aliphatic carbocycles. The van der Waals surface area contributed by atoms with Crippen molar-refractivity contribution >= 4 is 34.3 Å². The number of nitrogens with two attached hydrogens (primary N) is 1. The average Bonchev–Trinajstić information content (AvgIpc) is 2.36. The summed E-state index contributed by atoms with van der Waals surface area (Å²) in [6, 6.07) is 5.06. The maximum atomic E-state index is 11.7. The van der Waals surface area contributed by atoms with Crippen LogP contribution < -0.4 is 10.5 Å². The number of hydrogen-bond acceptors (Lipinski definition) is 4. The molecular weight excluding hydrogens is 334 g/mol. The molecule has 1 rings (SSSR count). The maximum absolute atomic E-state index is 11.7. The molecule has 0 aliphatic rings. The highest BCUT2D eigenvalue weighted by Gasteiger charge is 2.36. The van der Waals surface area contributed by atoms with Gasteiger partial charge in [0.05, 0.1) is 24.1 Å². The van der Waals surface area contributed by atoms with Crippen molar-refractivity contribution in [3.63, 3.8) is 0 Å². The molecule has 0 amide bonds. The van der Waals surface area contributed by atoms with Crippen molar-refractivity contribution in [3.05, 3.63) is 28.2 Å². The molecule has 0 heterocycles. The molecule has 0 saturated carbocycles. The monoisotopic (exact) mass is 351 g/mol. The molecule has 1 aromatic rings. The number of benzene rings is 1. The van der Waals surface area contributed by atoms with Crippen LogP contribution in [-0.2, 0) is 9.53 Å². The van der Waals surface area contributed by atoms with Gasteiger partial charge < -0.3 is 15.2 Å². The van der Waals surface area contributed by atoms with Gasteiger partial charge in [-0.3, -0.25) is 4.79 Å². The van der Waals surface area contributed by atoms with Gasteiger partial charge in [-0.05, 0) is 47.5 Å². The van der Waals surface area contributed by atoms with Crippen molar-refractivity contribution in [2.24, 2.45) is 11.1 Å². The summed E-state index contributed by atoms with van der Waals surface area (Å²) in [7, 11) is 2.96. The van der Waals surface area contributed by atoms with Gasteiger partial charge in [0.25, 0.3) is 0 Å². The van der Waals surface area contributed by atoms with E-state index in [-0.39, 0.29) is 18.4 Å². The lowest BCUT2D eigenvalue weighted by atomic mass is 9.81. The molecule has 1 aromatic carbocycles. The first kappa shape index (κ1) is 18.2. The minimum Gasteiger partial charge on any atom is -0.496 e. The number of esters is 1. The largest absolute Gasteiger partial charge is 0.496 e. The lowest BCUT2D eigenvalue weighted by Gasteiger charge is -2.29. The first-order valence-corrected chi connectivity index (χ1v) is 6.31. The van der Waals surface area contributed by atoms with Crippen LogP contribution >= 0.6 is 28.3 Å². The van der Waals surface area contributed by atoms with Crippen LogP contribution in [0.15, 0.2) is 22.7 Å². The Morgan fingerprint density at radius 3 is 2.37 bits per heavy atom. The quantitative estimate of drug-likeness (QED) is 0.846. The fourth-order valence-corrected chi connectivity index (χ4v) is 2.24. The second-order valence-corrected chi connectivity index (χ2v) is 5.44. The van der Waals surface area contributed by atoms with E-state index >= 15 is 0 Å². The number of ether oxygens (including phenoxy) is 2. The zero-order chi connectivity index (χ0) is 13.9. The van der Waals surface area contributed by atoms with Gasteiger partial charge in [-0.1, -0.05) is 6.07 Å². The summed E-state index contributed by atoms with van der Waals surface area (Å²) in [5.74, 6) is 0.392. The molecule has 0 saturated heterocycles. The van der Waals surface area contributed by atoms with E-state index in [1.807, 2.05) is 18.2 Å². The first-order valence-electron chi connectivity index (χ1n) is 5.52. The van der Waals surface area contributed by atoms with Crippen molar-refractivity contribution in [1.29, 1.82) is 0 Å². The first-order chi connectivity index (χ1) is 8.34. The molecule has 1 atom stereocenters. The van der Waals surface area contributed by atoms with E-state index in [9.17, 15) is 4.79 Å². The summed E-state index contributed by atoms with van der Waals surface area (Å²) >= 11 is 3.40. The summed E-state index contributed by atoms with van der Waals surface area (Å²) in [5, 5.41) is 0. The van der Waals surface area contributed by atoms with E-state index < -0.39 is 11.5 Å². The second kappa shape index (κ2) is 7.12. The molecule has 0 unspecified atom stereocenters. The third-order valence-electron chi connectivity index (χ3n) is 3.02. The number of carbonyl (C=O) groups excluding carboxylic acids is 1. The Bertz CT molecular complexity index is 452. The SMILES string of the molecule is COC(=O)C(C)(C)[C@@H](N)c1ccc(OC)c(Br)c1.Cl. The van der Waals surface area contributed by atoms with Crippen molar-refractivity contribution in [3.8, 4) is 5.75 Å². The molecule has 0 aromatic heterocycles. The Hall–Kier alpha value is -0.780. The van der Waals surface area contributed by atoms with Gasteiger partial charge in [-0.25, -0.2) is 0 Å². The van der Waals surface area contributed by atoms with Crippen LogP contribution in [0.1, 0.15) is 25.5 Å². The number of halogens is 2. The molecule has 0 radical (unpaired) electrons. The zero-order valence-corrected chi connectivity index (χ0v) is 13.8. The summed E-state index contributed by atoms with van der Waals surface area (Å²) in [4.78, 5) is 11.7. The highest BCUT2D eigenvalue weighted by atomic mass is 79.9. The molecule has 0 spiro atoms. The standard InChI is InChI=1S/C13H18BrNO3.ClH/c1-13(2,12(16)18-4)11(15)8-5-6-10(17-3)9(14)7-8;/h5-7,11H,15H2,1-4H3;1H/t11-;/m0./s1. The van der Waals surface area contributed by atoms with Gasteiger partial charge >= 0.3 is 5.97 Å². The Balaban J connectivity index is 0.00000324. The van der Waals surface area contributed by atoms with Crippen LogP contribution in [0.4, 0.5) is 0 Å². The normalized spacial score (nSPS) is 12.3. The van der Waals surface area contributed by atoms with E-state index in [4.69, 9.17) is 15.2 Å². The highest BCUT2D eigenvalue weighted by molar-refractivity contribution is 9.10. The van der Waals surface area contributed by atoms with Gasteiger partial charge in [0.1, 0.15) is 5.75 Å². The van der Waals surface area contributed by atoms with Crippen LogP contribution in [-0.4, -0.2) is 20.2 Å². The highest BCUT2D eigenvalue weighted by Crippen LogP contribution is 2.35. The fourth-order valence-electron chi connectivity index (χ4n) is 1.68. The van der Waals surface area contributed by atoms with Gasteiger partial charge in [0, 0.05) is 6.04 Å². The number of methoxy groups -OCH3 is 2. The average molecular weight is 353 g/mol. The minimum absolute atomic E-state index is 0. The smallest absolute Gasteiger partial charge is 0.313 e. The third-order valence-corrected chi connectivity index (χ3v) is 3.64. The lowest BCUT2D eigenvalue weighted by Crippen LogP contribution is -2.37. The zero-order valence-electron chi connectivity index (χ0n) is 11.4. The Morgan fingerprint density at radius 2 is 1.95 bits per heavy atom. The van der Waals surface area contributed by atoms with Crippen molar-refractivity contribution in [2.45, 2.75) is 19.9 Å². The maximum Gasteiger partial charge on any atom is 0.313 e. The summed E-state index contributed by atoms with van der Waals surface area (Å²) in [6.07, 6.45) is 0. The molecule has 0 aliphatic heterocycles. The molecule has 6 heteroatoms. The third kappa shape index (κ3) is 3.84. The van der Waals surface area contributed by atoms with Crippen molar-refractivity contribution in [1.82, 2.24) is 0 Å². The van der Waals surface area contributed by atoms with E-state index in [1.165, 1.54) is 7.11 Å². The lowest BCUT2D eigenvalue weighted by molar-refractivity contribution is -0.152. The Kier molecular flexibility index (Phi) is 6.83. The number of rotatable bonds is 4. The molecule has 4 nitrogen and oxygen atoms in total. The van der Waals surface area contributed by atoms with Gasteiger partial charge in [0.15, 0.2) is 0 Å². The number of carbonyl (C=O) groups is 1. The molecular formula is C13H19BrClNO3. The Morgan fingerprint density at radius 1 is 1.37 bits per heavy atom. The van der Waals surface area contributed by atoms with Crippen molar-refractivity contribution < 1.29 is 14.3 Å². The van der Waals surface area contributed by atoms with Crippen LogP contribution in [0.5, 0.6) is 5.75 Å². The van der Waals surface area contributed by atoms with E-state index in [1.54, 1.807) is 21.0 Å². The summed E-state index contributed by atoms with van der Waals surface area (Å²) in [6.45, 7) is 3.53. The number of hydrogen-bond donors (Lipinski definition) is 1. The molecule has 19 heavy (non-hydrogen) atoms. The molecule has 0 fully saturated rings. The van der Waals surface area contributed by atoms with Crippen molar-refractivity contribution in [2.75, 3.05) is 14.2 Å². The fraction of sp³-hybridized carbons (Fsp3) is 0.462. The van der Waals surface area contributed by atoms with Crippen LogP contribution in [0, 0.1) is 5.41 Å². The minimum atomic E-state index is -0.789. The van der Waals surface area contributed by atoms with Gasteiger partial charge in [0.2, 0.25) is 0 Å². The summed E-state index contributed by atoms with van der Waals surface area (Å²) in [5.41, 5.74) is 6.20. The predicted molar refractivity (Wildman–Crippen MR) is 80.7 cm³/mol.